The number of benzene rings is 1. The molecule has 0 aliphatic rings. The first-order chi connectivity index (χ1) is 13.7. The zero-order valence-electron chi connectivity index (χ0n) is 15.1. The van der Waals surface area contributed by atoms with Crippen LogP contribution in [-0.2, 0) is 0 Å². The third-order valence-electron chi connectivity index (χ3n) is 3.91. The molecule has 8 nitrogen and oxygen atoms in total. The van der Waals surface area contributed by atoms with Gasteiger partial charge in [-0.15, -0.1) is 0 Å². The summed E-state index contributed by atoms with van der Waals surface area (Å²) in [6, 6.07) is 14.4. The molecule has 138 valence electrons. The smallest absolute Gasteiger partial charge is 0.274 e. The number of nitrogens with zero attached hydrogens (tertiary/aromatic N) is 5. The number of pyridine rings is 1. The lowest BCUT2D eigenvalue weighted by Gasteiger charge is -2.10. The summed E-state index contributed by atoms with van der Waals surface area (Å²) < 4.78 is 1.82. The van der Waals surface area contributed by atoms with Gasteiger partial charge in [0.15, 0.2) is 0 Å². The maximum absolute atomic E-state index is 12.2. The van der Waals surface area contributed by atoms with E-state index in [1.165, 1.54) is 0 Å². The Morgan fingerprint density at radius 3 is 2.54 bits per heavy atom. The maximum atomic E-state index is 12.2. The largest absolute Gasteiger partial charge is 0.340 e. The molecule has 1 aromatic carbocycles. The average molecular weight is 371 g/mol. The third kappa shape index (κ3) is 4.01. The zero-order valence-corrected chi connectivity index (χ0v) is 15.1. The molecule has 0 aliphatic carbocycles. The highest BCUT2D eigenvalue weighted by Gasteiger charge is 2.07. The molecule has 28 heavy (non-hydrogen) atoms. The maximum Gasteiger partial charge on any atom is 0.274 e. The first-order valence-electron chi connectivity index (χ1n) is 8.61. The Balaban J connectivity index is 1.47. The molecule has 0 unspecified atom stereocenters. The Labute approximate surface area is 161 Å². The number of imidazole rings is 1. The van der Waals surface area contributed by atoms with Crippen LogP contribution in [0, 0.1) is 6.92 Å². The molecule has 0 bridgehead atoms. The summed E-state index contributed by atoms with van der Waals surface area (Å²) in [6.07, 6.45) is 6.79. The number of aryl methyl sites for hydroxylation is 1. The molecule has 0 saturated heterocycles. The standard InChI is InChI=1S/C20H17N7O/c1-14-23-18(12-19(24-14)27-11-10-21-13-27)25-15-5-7-16(8-6-15)26-20(28)17-4-2-3-9-22-17/h2-13H,1H3,(H,26,28)(H,23,24,25). The Bertz CT molecular complexity index is 1080. The lowest BCUT2D eigenvalue weighted by molar-refractivity contribution is 0.102. The molecular formula is C20H17N7O. The molecule has 3 heterocycles. The van der Waals surface area contributed by atoms with Crippen LogP contribution < -0.4 is 10.6 Å². The van der Waals surface area contributed by atoms with Crippen LogP contribution in [0.25, 0.3) is 5.82 Å². The van der Waals surface area contributed by atoms with Crippen LogP contribution in [0.5, 0.6) is 0 Å². The fraction of sp³-hybridized carbons (Fsp3) is 0.0500. The van der Waals surface area contributed by atoms with E-state index in [9.17, 15) is 4.79 Å². The van der Waals surface area contributed by atoms with Gasteiger partial charge in [0.05, 0.1) is 0 Å². The van der Waals surface area contributed by atoms with Crippen molar-refractivity contribution in [1.29, 1.82) is 0 Å². The van der Waals surface area contributed by atoms with Crippen molar-refractivity contribution in [3.8, 4) is 5.82 Å². The van der Waals surface area contributed by atoms with E-state index in [0.717, 1.165) is 11.5 Å². The first kappa shape index (κ1) is 17.3. The van der Waals surface area contributed by atoms with E-state index in [1.807, 2.05) is 48.0 Å². The van der Waals surface area contributed by atoms with Gasteiger partial charge < -0.3 is 10.6 Å². The highest BCUT2D eigenvalue weighted by Crippen LogP contribution is 2.19. The summed E-state index contributed by atoms with van der Waals surface area (Å²) in [5, 5.41) is 6.07. The summed E-state index contributed by atoms with van der Waals surface area (Å²) in [6.45, 7) is 1.84. The van der Waals surface area contributed by atoms with Crippen LogP contribution in [0.15, 0.2) is 73.4 Å². The summed E-state index contributed by atoms with van der Waals surface area (Å²) in [7, 11) is 0. The van der Waals surface area contributed by atoms with Crippen molar-refractivity contribution in [2.45, 2.75) is 6.92 Å². The molecule has 1 amide bonds. The molecule has 4 aromatic rings. The van der Waals surface area contributed by atoms with Crippen LogP contribution in [0.4, 0.5) is 17.2 Å². The second kappa shape index (κ2) is 7.67. The van der Waals surface area contributed by atoms with Gasteiger partial charge >= 0.3 is 0 Å². The molecule has 0 aliphatic heterocycles. The SMILES string of the molecule is Cc1nc(Nc2ccc(NC(=O)c3ccccn3)cc2)cc(-n2ccnc2)n1. The lowest BCUT2D eigenvalue weighted by Crippen LogP contribution is -2.13. The van der Waals surface area contributed by atoms with E-state index in [1.54, 1.807) is 36.9 Å². The second-order valence-electron chi connectivity index (χ2n) is 6.00. The van der Waals surface area contributed by atoms with Crippen molar-refractivity contribution in [3.05, 3.63) is 85.0 Å². The average Bonchev–Trinajstić information content (AvgIpc) is 3.25. The van der Waals surface area contributed by atoms with Crippen LogP contribution in [0.3, 0.4) is 0 Å². The number of aromatic nitrogens is 5. The molecule has 3 aromatic heterocycles. The van der Waals surface area contributed by atoms with Crippen molar-refractivity contribution in [2.75, 3.05) is 10.6 Å². The van der Waals surface area contributed by atoms with Crippen LogP contribution in [0.2, 0.25) is 0 Å². The molecule has 0 atom stereocenters. The number of carbonyl (C=O) groups excluding carboxylic acids is 1. The fourth-order valence-electron chi connectivity index (χ4n) is 2.62. The lowest BCUT2D eigenvalue weighted by atomic mass is 10.2. The van der Waals surface area contributed by atoms with E-state index < -0.39 is 0 Å². The van der Waals surface area contributed by atoms with E-state index >= 15 is 0 Å². The fourth-order valence-corrected chi connectivity index (χ4v) is 2.62. The molecule has 2 N–H and O–H groups in total. The quantitative estimate of drug-likeness (QED) is 0.558. The first-order valence-corrected chi connectivity index (χ1v) is 8.61. The molecular weight excluding hydrogens is 354 g/mol. The molecule has 0 saturated carbocycles. The van der Waals surface area contributed by atoms with E-state index in [2.05, 4.69) is 30.6 Å². The van der Waals surface area contributed by atoms with Gasteiger partial charge in [0.2, 0.25) is 0 Å². The number of nitrogens with one attached hydrogen (secondary N) is 2. The summed E-state index contributed by atoms with van der Waals surface area (Å²) in [4.78, 5) is 29.1. The van der Waals surface area contributed by atoms with Gasteiger partial charge in [0.1, 0.15) is 29.5 Å². The number of hydrogen-bond donors (Lipinski definition) is 2. The number of anilines is 3. The van der Waals surface area contributed by atoms with Gasteiger partial charge in [-0.05, 0) is 43.3 Å². The van der Waals surface area contributed by atoms with E-state index in [4.69, 9.17) is 0 Å². The van der Waals surface area contributed by atoms with Crippen molar-refractivity contribution in [3.63, 3.8) is 0 Å². The molecule has 4 rings (SSSR count). The second-order valence-corrected chi connectivity index (χ2v) is 6.00. The van der Waals surface area contributed by atoms with Crippen molar-refractivity contribution in [1.82, 2.24) is 24.5 Å². The highest BCUT2D eigenvalue weighted by molar-refractivity contribution is 6.02. The summed E-state index contributed by atoms with van der Waals surface area (Å²) in [5.74, 6) is 1.79. The monoisotopic (exact) mass is 371 g/mol. The number of rotatable bonds is 5. The normalized spacial score (nSPS) is 10.5. The van der Waals surface area contributed by atoms with Crippen molar-refractivity contribution in [2.24, 2.45) is 0 Å². The van der Waals surface area contributed by atoms with Gasteiger partial charge in [-0.2, -0.15) is 0 Å². The Kier molecular flexibility index (Phi) is 4.75. The van der Waals surface area contributed by atoms with Crippen LogP contribution in [-0.4, -0.2) is 30.4 Å². The topological polar surface area (TPSA) is 97.6 Å². The summed E-state index contributed by atoms with van der Waals surface area (Å²) in [5.41, 5.74) is 1.89. The Morgan fingerprint density at radius 1 is 1.00 bits per heavy atom. The van der Waals surface area contributed by atoms with Gasteiger partial charge in [0, 0.05) is 36.0 Å². The molecule has 0 radical (unpaired) electrons. The minimum Gasteiger partial charge on any atom is -0.340 e. The molecule has 0 spiro atoms. The number of carbonyl (C=O) groups is 1. The van der Waals surface area contributed by atoms with Crippen LogP contribution >= 0.6 is 0 Å². The minimum atomic E-state index is -0.252. The Hall–Kier alpha value is -4.07. The van der Waals surface area contributed by atoms with Crippen LogP contribution in [0.1, 0.15) is 16.3 Å². The van der Waals surface area contributed by atoms with E-state index in [0.29, 0.717) is 23.0 Å². The van der Waals surface area contributed by atoms with Gasteiger partial charge in [-0.3, -0.25) is 14.3 Å². The predicted molar refractivity (Wildman–Crippen MR) is 106 cm³/mol. The van der Waals surface area contributed by atoms with Crippen molar-refractivity contribution < 1.29 is 4.79 Å². The number of amides is 1. The minimum absolute atomic E-state index is 0.252. The molecule has 8 heteroatoms. The Morgan fingerprint density at radius 2 is 1.82 bits per heavy atom. The zero-order chi connectivity index (χ0) is 19.3. The third-order valence-corrected chi connectivity index (χ3v) is 3.91. The molecule has 0 fully saturated rings. The highest BCUT2D eigenvalue weighted by atomic mass is 16.1. The van der Waals surface area contributed by atoms with E-state index in [-0.39, 0.29) is 5.91 Å². The van der Waals surface area contributed by atoms with Gasteiger partial charge in [0.25, 0.3) is 5.91 Å². The van der Waals surface area contributed by atoms with Gasteiger partial charge in [-0.1, -0.05) is 6.07 Å². The number of hydrogen-bond acceptors (Lipinski definition) is 6. The van der Waals surface area contributed by atoms with Gasteiger partial charge in [-0.25, -0.2) is 15.0 Å². The predicted octanol–water partition coefficient (Wildman–Crippen LogP) is 3.36. The summed E-state index contributed by atoms with van der Waals surface area (Å²) >= 11 is 0. The van der Waals surface area contributed by atoms with Crippen molar-refractivity contribution >= 4 is 23.1 Å².